The Hall–Kier alpha value is -2.07. The Labute approximate surface area is 144 Å². The summed E-state index contributed by atoms with van der Waals surface area (Å²) in [4.78, 5) is 12.6. The van der Waals surface area contributed by atoms with Gasteiger partial charge in [-0.15, -0.1) is 0 Å². The van der Waals surface area contributed by atoms with Gasteiger partial charge in [0.1, 0.15) is 0 Å². The molecule has 0 bridgehead atoms. The van der Waals surface area contributed by atoms with E-state index in [2.05, 4.69) is 35.9 Å². The number of rotatable bonds is 7. The molecule has 1 heterocycles. The Balaban J connectivity index is 2.22. The summed E-state index contributed by atoms with van der Waals surface area (Å²) in [7, 11) is 0. The molecule has 130 valence electrons. The predicted molar refractivity (Wildman–Crippen MR) is 97.8 cm³/mol. The standard InChI is InChI=1S/C20H28N2O2/c1-5-17(10-11-23)13-21-20(24)18-12-15(3)22(16(18)4)19-9-7-6-8-14(19)2/h6-9,12,17,23H,5,10-11,13H2,1-4H3,(H,21,24)/t17-/m1/s1. The average molecular weight is 328 g/mol. The summed E-state index contributed by atoms with van der Waals surface area (Å²) in [6.07, 6.45) is 1.67. The number of aliphatic hydroxyl groups excluding tert-OH is 1. The van der Waals surface area contributed by atoms with Gasteiger partial charge in [-0.3, -0.25) is 4.79 Å². The Morgan fingerprint density at radius 2 is 1.96 bits per heavy atom. The van der Waals surface area contributed by atoms with Crippen LogP contribution in [0.4, 0.5) is 0 Å². The summed E-state index contributed by atoms with van der Waals surface area (Å²) in [5, 5.41) is 12.1. The Kier molecular flexibility index (Phi) is 6.21. The second-order valence-electron chi connectivity index (χ2n) is 6.40. The quantitative estimate of drug-likeness (QED) is 0.817. The third-order valence-electron chi connectivity index (χ3n) is 4.70. The summed E-state index contributed by atoms with van der Waals surface area (Å²) >= 11 is 0. The fourth-order valence-corrected chi connectivity index (χ4v) is 3.14. The molecule has 4 nitrogen and oxygen atoms in total. The van der Waals surface area contributed by atoms with Crippen molar-refractivity contribution in [3.8, 4) is 5.69 Å². The molecule has 1 aromatic carbocycles. The molecule has 2 N–H and O–H groups in total. The Bertz CT molecular complexity index is 704. The minimum absolute atomic E-state index is 0.0423. The zero-order valence-corrected chi connectivity index (χ0v) is 15.1. The van der Waals surface area contributed by atoms with Gasteiger partial charge in [-0.05, 0) is 50.8 Å². The third-order valence-corrected chi connectivity index (χ3v) is 4.70. The van der Waals surface area contributed by atoms with E-state index in [0.717, 1.165) is 35.5 Å². The molecule has 0 radical (unpaired) electrons. The van der Waals surface area contributed by atoms with Crippen molar-refractivity contribution in [2.75, 3.05) is 13.2 Å². The van der Waals surface area contributed by atoms with Crippen molar-refractivity contribution >= 4 is 5.91 Å². The summed E-state index contributed by atoms with van der Waals surface area (Å²) in [6.45, 7) is 8.93. The van der Waals surface area contributed by atoms with E-state index in [1.165, 1.54) is 5.56 Å². The number of carbonyl (C=O) groups is 1. The molecule has 1 atom stereocenters. The first kappa shape index (κ1) is 18.3. The third kappa shape index (κ3) is 3.88. The highest BCUT2D eigenvalue weighted by Gasteiger charge is 2.18. The molecule has 0 aliphatic rings. The second kappa shape index (κ2) is 8.15. The largest absolute Gasteiger partial charge is 0.396 e. The summed E-state index contributed by atoms with van der Waals surface area (Å²) in [5.41, 5.74) is 5.01. The number of aromatic nitrogens is 1. The molecule has 4 heteroatoms. The minimum Gasteiger partial charge on any atom is -0.396 e. The van der Waals surface area contributed by atoms with Crippen LogP contribution in [0.15, 0.2) is 30.3 Å². The van der Waals surface area contributed by atoms with Crippen molar-refractivity contribution in [3.05, 3.63) is 52.8 Å². The topological polar surface area (TPSA) is 54.3 Å². The van der Waals surface area contributed by atoms with Gasteiger partial charge in [-0.25, -0.2) is 0 Å². The molecular formula is C20H28N2O2. The van der Waals surface area contributed by atoms with Crippen LogP contribution in [0.2, 0.25) is 0 Å². The fourth-order valence-electron chi connectivity index (χ4n) is 3.14. The number of carbonyl (C=O) groups excluding carboxylic acids is 1. The summed E-state index contributed by atoms with van der Waals surface area (Å²) < 4.78 is 2.13. The number of aliphatic hydroxyl groups is 1. The molecular weight excluding hydrogens is 300 g/mol. The minimum atomic E-state index is -0.0423. The van der Waals surface area contributed by atoms with E-state index >= 15 is 0 Å². The van der Waals surface area contributed by atoms with Gasteiger partial charge in [0.2, 0.25) is 0 Å². The lowest BCUT2D eigenvalue weighted by molar-refractivity contribution is 0.0943. The van der Waals surface area contributed by atoms with Gasteiger partial charge in [0.05, 0.1) is 5.56 Å². The Morgan fingerprint density at radius 1 is 1.25 bits per heavy atom. The van der Waals surface area contributed by atoms with Crippen LogP contribution in [0.3, 0.4) is 0 Å². The summed E-state index contributed by atoms with van der Waals surface area (Å²) in [6, 6.07) is 10.1. The van der Waals surface area contributed by atoms with Crippen LogP contribution in [-0.2, 0) is 0 Å². The van der Waals surface area contributed by atoms with Gasteiger partial charge < -0.3 is 15.0 Å². The maximum Gasteiger partial charge on any atom is 0.253 e. The lowest BCUT2D eigenvalue weighted by Crippen LogP contribution is -2.29. The van der Waals surface area contributed by atoms with Crippen LogP contribution in [0.5, 0.6) is 0 Å². The first-order valence-corrected chi connectivity index (χ1v) is 8.63. The lowest BCUT2D eigenvalue weighted by Gasteiger charge is -2.15. The first-order chi connectivity index (χ1) is 11.5. The van der Waals surface area contributed by atoms with Gasteiger partial charge in [0.25, 0.3) is 5.91 Å². The van der Waals surface area contributed by atoms with Crippen molar-refractivity contribution < 1.29 is 9.90 Å². The molecule has 0 fully saturated rings. The van der Waals surface area contributed by atoms with Crippen molar-refractivity contribution in [3.63, 3.8) is 0 Å². The Morgan fingerprint density at radius 3 is 2.58 bits per heavy atom. The number of para-hydroxylation sites is 1. The monoisotopic (exact) mass is 328 g/mol. The number of amides is 1. The second-order valence-corrected chi connectivity index (χ2v) is 6.40. The number of nitrogens with zero attached hydrogens (tertiary/aromatic N) is 1. The number of nitrogens with one attached hydrogen (secondary N) is 1. The van der Waals surface area contributed by atoms with Gasteiger partial charge >= 0.3 is 0 Å². The van der Waals surface area contributed by atoms with E-state index in [0.29, 0.717) is 12.5 Å². The number of aryl methyl sites for hydroxylation is 2. The summed E-state index contributed by atoms with van der Waals surface area (Å²) in [5.74, 6) is 0.276. The van der Waals surface area contributed by atoms with Gasteiger partial charge in [-0.1, -0.05) is 31.5 Å². The molecule has 0 saturated heterocycles. The van der Waals surface area contributed by atoms with Crippen LogP contribution in [0, 0.1) is 26.7 Å². The molecule has 1 amide bonds. The lowest BCUT2D eigenvalue weighted by atomic mass is 10.0. The van der Waals surface area contributed by atoms with Crippen LogP contribution in [-0.4, -0.2) is 28.7 Å². The van der Waals surface area contributed by atoms with E-state index in [1.807, 2.05) is 32.0 Å². The molecule has 0 aliphatic heterocycles. The predicted octanol–water partition coefficient (Wildman–Crippen LogP) is 3.54. The van der Waals surface area contributed by atoms with E-state index < -0.39 is 0 Å². The molecule has 0 unspecified atom stereocenters. The zero-order valence-electron chi connectivity index (χ0n) is 15.1. The molecule has 0 aliphatic carbocycles. The van der Waals surface area contributed by atoms with Gasteiger partial charge in [0, 0.05) is 30.2 Å². The number of benzene rings is 1. The van der Waals surface area contributed by atoms with Crippen molar-refractivity contribution in [1.29, 1.82) is 0 Å². The van der Waals surface area contributed by atoms with Crippen LogP contribution in [0.1, 0.15) is 47.1 Å². The normalized spacial score (nSPS) is 12.2. The first-order valence-electron chi connectivity index (χ1n) is 8.63. The van der Waals surface area contributed by atoms with Crippen molar-refractivity contribution in [2.24, 2.45) is 5.92 Å². The highest BCUT2D eigenvalue weighted by molar-refractivity contribution is 5.96. The van der Waals surface area contributed by atoms with Crippen LogP contribution < -0.4 is 5.32 Å². The van der Waals surface area contributed by atoms with Gasteiger partial charge in [0.15, 0.2) is 0 Å². The van der Waals surface area contributed by atoms with E-state index in [4.69, 9.17) is 5.11 Å². The van der Waals surface area contributed by atoms with E-state index in [9.17, 15) is 4.79 Å². The van der Waals surface area contributed by atoms with Crippen molar-refractivity contribution in [2.45, 2.75) is 40.5 Å². The van der Waals surface area contributed by atoms with E-state index in [1.54, 1.807) is 0 Å². The fraction of sp³-hybridized carbons (Fsp3) is 0.450. The molecule has 2 aromatic rings. The highest BCUT2D eigenvalue weighted by Crippen LogP contribution is 2.23. The molecule has 0 spiro atoms. The van der Waals surface area contributed by atoms with E-state index in [-0.39, 0.29) is 12.5 Å². The maximum atomic E-state index is 12.6. The number of hydrogen-bond donors (Lipinski definition) is 2. The number of hydrogen-bond acceptors (Lipinski definition) is 2. The molecule has 0 saturated carbocycles. The average Bonchev–Trinajstić information content (AvgIpc) is 2.86. The van der Waals surface area contributed by atoms with Crippen LogP contribution >= 0.6 is 0 Å². The van der Waals surface area contributed by atoms with Gasteiger partial charge in [-0.2, -0.15) is 0 Å². The maximum absolute atomic E-state index is 12.6. The molecule has 1 aromatic heterocycles. The van der Waals surface area contributed by atoms with Crippen molar-refractivity contribution in [1.82, 2.24) is 9.88 Å². The smallest absolute Gasteiger partial charge is 0.253 e. The zero-order chi connectivity index (χ0) is 17.7. The molecule has 24 heavy (non-hydrogen) atoms. The highest BCUT2D eigenvalue weighted by atomic mass is 16.3. The SMILES string of the molecule is CC[C@H](CCO)CNC(=O)c1cc(C)n(-c2ccccc2C)c1C. The molecule has 2 rings (SSSR count). The van der Waals surface area contributed by atoms with Crippen LogP contribution in [0.25, 0.3) is 5.69 Å².